The maximum absolute atomic E-state index is 5.30. The molecule has 4 nitrogen and oxygen atoms in total. The molecular formula is C13H13N3O. The minimum Gasteiger partial charge on any atom is -0.465 e. The van der Waals surface area contributed by atoms with Gasteiger partial charge in [-0.3, -0.25) is 4.98 Å². The highest BCUT2D eigenvalue weighted by Crippen LogP contribution is 2.18. The van der Waals surface area contributed by atoms with Crippen LogP contribution in [0.1, 0.15) is 18.3 Å². The third-order valence-corrected chi connectivity index (χ3v) is 2.31. The van der Waals surface area contributed by atoms with Crippen LogP contribution in [0, 0.1) is 6.92 Å². The van der Waals surface area contributed by atoms with E-state index in [0.29, 0.717) is 5.76 Å². The van der Waals surface area contributed by atoms with Crippen molar-refractivity contribution in [2.24, 2.45) is 0 Å². The molecule has 0 saturated carbocycles. The number of ether oxygens (including phenoxy) is 1. The van der Waals surface area contributed by atoms with Crippen molar-refractivity contribution in [3.05, 3.63) is 48.8 Å². The van der Waals surface area contributed by atoms with Gasteiger partial charge in [0.2, 0.25) is 0 Å². The number of allylic oxidation sites excluding steroid dienone is 1. The lowest BCUT2D eigenvalue weighted by Crippen LogP contribution is -1.93. The second kappa shape index (κ2) is 4.74. The van der Waals surface area contributed by atoms with E-state index in [1.54, 1.807) is 12.4 Å². The predicted octanol–water partition coefficient (Wildman–Crippen LogP) is 2.85. The summed E-state index contributed by atoms with van der Waals surface area (Å²) in [6, 6.07) is 1.93. The van der Waals surface area contributed by atoms with Crippen LogP contribution >= 0.6 is 0 Å². The average molecular weight is 227 g/mol. The van der Waals surface area contributed by atoms with Crippen LogP contribution in [0.4, 0.5) is 0 Å². The zero-order chi connectivity index (χ0) is 12.3. The molecule has 4 heteroatoms. The average Bonchev–Trinajstić information content (AvgIpc) is 2.35. The van der Waals surface area contributed by atoms with Crippen molar-refractivity contribution in [1.82, 2.24) is 15.0 Å². The second-order valence-electron chi connectivity index (χ2n) is 3.48. The Balaban J connectivity index is 2.53. The topological polar surface area (TPSA) is 47.9 Å². The molecule has 0 N–H and O–H groups in total. The van der Waals surface area contributed by atoms with E-state index in [1.165, 1.54) is 6.26 Å². The lowest BCUT2D eigenvalue weighted by molar-refractivity contribution is 0.438. The van der Waals surface area contributed by atoms with Gasteiger partial charge in [0.15, 0.2) is 0 Å². The Kier molecular flexibility index (Phi) is 3.14. The lowest BCUT2D eigenvalue weighted by atomic mass is 10.2. The summed E-state index contributed by atoms with van der Waals surface area (Å²) >= 11 is 0. The van der Waals surface area contributed by atoms with Crippen molar-refractivity contribution < 1.29 is 4.74 Å². The number of aromatic nitrogens is 3. The molecule has 86 valence electrons. The minimum atomic E-state index is 0.714. The Morgan fingerprint density at radius 1 is 1.29 bits per heavy atom. The summed E-state index contributed by atoms with van der Waals surface area (Å²) in [7, 11) is 0. The molecule has 2 heterocycles. The first kappa shape index (κ1) is 11.3. The van der Waals surface area contributed by atoms with Crippen molar-refractivity contribution in [3.8, 4) is 0 Å². The van der Waals surface area contributed by atoms with E-state index in [0.717, 1.165) is 22.4 Å². The summed E-state index contributed by atoms with van der Waals surface area (Å²) in [5.74, 6) is 1.44. The number of pyridine rings is 1. The van der Waals surface area contributed by atoms with Crippen LogP contribution in [0.5, 0.6) is 0 Å². The van der Waals surface area contributed by atoms with Crippen LogP contribution in [-0.4, -0.2) is 15.0 Å². The zero-order valence-electron chi connectivity index (χ0n) is 9.84. The Morgan fingerprint density at radius 2 is 2.12 bits per heavy atom. The Bertz CT molecular complexity index is 590. The van der Waals surface area contributed by atoms with Crippen LogP contribution in [0.25, 0.3) is 16.8 Å². The maximum Gasteiger partial charge on any atom is 0.131 e. The van der Waals surface area contributed by atoms with E-state index in [2.05, 4.69) is 21.5 Å². The van der Waals surface area contributed by atoms with Gasteiger partial charge in [0.25, 0.3) is 0 Å². The molecule has 17 heavy (non-hydrogen) atoms. The van der Waals surface area contributed by atoms with Gasteiger partial charge in [-0.15, -0.1) is 0 Å². The third kappa shape index (κ3) is 2.30. The van der Waals surface area contributed by atoms with E-state index in [1.807, 2.05) is 26.0 Å². The standard InChI is InChI=1S/C13H13N3O/c1-4-13(17-5-2)10-6-11-12(15-7-10)8-14-9(3)16-11/h4-8H,2H2,1,3H3/b13-4-. The molecule has 0 bridgehead atoms. The smallest absolute Gasteiger partial charge is 0.131 e. The predicted molar refractivity (Wildman–Crippen MR) is 67.0 cm³/mol. The SMILES string of the molecule is C=CO/C(=C\C)c1cnc2cnc(C)nc2c1. The number of fused-ring (bicyclic) bond motifs is 1. The quantitative estimate of drug-likeness (QED) is 0.756. The Labute approximate surface area is 99.7 Å². The van der Waals surface area contributed by atoms with Gasteiger partial charge in [-0.2, -0.15) is 0 Å². The maximum atomic E-state index is 5.30. The molecule has 0 aliphatic heterocycles. The lowest BCUT2D eigenvalue weighted by Gasteiger charge is -2.06. The molecule has 0 radical (unpaired) electrons. The van der Waals surface area contributed by atoms with E-state index < -0.39 is 0 Å². The van der Waals surface area contributed by atoms with Crippen molar-refractivity contribution >= 4 is 16.8 Å². The van der Waals surface area contributed by atoms with Gasteiger partial charge in [0.1, 0.15) is 17.1 Å². The molecule has 0 unspecified atom stereocenters. The number of hydrogen-bond donors (Lipinski definition) is 0. The fraction of sp³-hybridized carbons (Fsp3) is 0.154. The summed E-state index contributed by atoms with van der Waals surface area (Å²) in [5.41, 5.74) is 2.45. The van der Waals surface area contributed by atoms with Crippen LogP contribution < -0.4 is 0 Å². The normalized spacial score (nSPS) is 11.5. The molecular weight excluding hydrogens is 214 g/mol. The number of nitrogens with zero attached hydrogens (tertiary/aromatic N) is 3. The van der Waals surface area contributed by atoms with Gasteiger partial charge in [0, 0.05) is 11.8 Å². The molecule has 2 aromatic rings. The monoisotopic (exact) mass is 227 g/mol. The van der Waals surface area contributed by atoms with Gasteiger partial charge in [-0.25, -0.2) is 9.97 Å². The van der Waals surface area contributed by atoms with E-state index in [-0.39, 0.29) is 0 Å². The van der Waals surface area contributed by atoms with E-state index in [9.17, 15) is 0 Å². The van der Waals surface area contributed by atoms with Crippen molar-refractivity contribution in [2.75, 3.05) is 0 Å². The number of hydrogen-bond acceptors (Lipinski definition) is 4. The van der Waals surface area contributed by atoms with Gasteiger partial charge in [0.05, 0.1) is 18.0 Å². The molecule has 0 atom stereocenters. The van der Waals surface area contributed by atoms with Crippen LogP contribution in [0.15, 0.2) is 37.4 Å². The molecule has 2 aromatic heterocycles. The Hall–Kier alpha value is -2.23. The van der Waals surface area contributed by atoms with Crippen molar-refractivity contribution in [1.29, 1.82) is 0 Å². The molecule has 0 aliphatic rings. The summed E-state index contributed by atoms with van der Waals surface area (Å²) < 4.78 is 5.30. The molecule has 0 fully saturated rings. The number of rotatable bonds is 3. The second-order valence-corrected chi connectivity index (χ2v) is 3.48. The molecule has 0 saturated heterocycles. The van der Waals surface area contributed by atoms with Crippen molar-refractivity contribution in [2.45, 2.75) is 13.8 Å². The number of aryl methyl sites for hydroxylation is 1. The van der Waals surface area contributed by atoms with Crippen LogP contribution in [0.2, 0.25) is 0 Å². The first-order valence-corrected chi connectivity index (χ1v) is 5.28. The molecule has 2 rings (SSSR count). The van der Waals surface area contributed by atoms with Gasteiger partial charge in [-0.05, 0) is 26.0 Å². The summed E-state index contributed by atoms with van der Waals surface area (Å²) in [4.78, 5) is 12.7. The van der Waals surface area contributed by atoms with Gasteiger partial charge < -0.3 is 4.74 Å². The molecule has 0 spiro atoms. The fourth-order valence-corrected chi connectivity index (χ4v) is 1.54. The van der Waals surface area contributed by atoms with Gasteiger partial charge in [-0.1, -0.05) is 6.58 Å². The highest BCUT2D eigenvalue weighted by molar-refractivity contribution is 5.77. The van der Waals surface area contributed by atoms with Gasteiger partial charge >= 0.3 is 0 Å². The van der Waals surface area contributed by atoms with E-state index in [4.69, 9.17) is 4.74 Å². The first-order chi connectivity index (χ1) is 8.24. The summed E-state index contributed by atoms with van der Waals surface area (Å²) in [5, 5.41) is 0. The van der Waals surface area contributed by atoms with Crippen LogP contribution in [-0.2, 0) is 4.74 Å². The van der Waals surface area contributed by atoms with E-state index >= 15 is 0 Å². The van der Waals surface area contributed by atoms with Crippen LogP contribution in [0.3, 0.4) is 0 Å². The highest BCUT2D eigenvalue weighted by Gasteiger charge is 2.04. The molecule has 0 aromatic carbocycles. The zero-order valence-corrected chi connectivity index (χ0v) is 9.84. The summed E-state index contributed by atoms with van der Waals surface area (Å²) in [6.45, 7) is 7.29. The third-order valence-electron chi connectivity index (χ3n) is 2.31. The Morgan fingerprint density at radius 3 is 2.82 bits per heavy atom. The van der Waals surface area contributed by atoms with Crippen molar-refractivity contribution in [3.63, 3.8) is 0 Å². The largest absolute Gasteiger partial charge is 0.465 e. The molecule has 0 amide bonds. The first-order valence-electron chi connectivity index (χ1n) is 5.28. The molecule has 0 aliphatic carbocycles. The fourth-order valence-electron chi connectivity index (χ4n) is 1.54. The highest BCUT2D eigenvalue weighted by atomic mass is 16.5. The summed E-state index contributed by atoms with van der Waals surface area (Å²) in [6.07, 6.45) is 6.70. The minimum absolute atomic E-state index is 0.714.